The average molecular weight is 359 g/mol. The number of carbonyl (C=O) groups excluding carboxylic acids is 1. The zero-order valence-electron chi connectivity index (χ0n) is 15.5. The first-order valence-electron chi connectivity index (χ1n) is 9.14. The van der Waals surface area contributed by atoms with E-state index in [4.69, 9.17) is 5.73 Å². The van der Waals surface area contributed by atoms with Crippen LogP contribution in [0.4, 0.5) is 4.39 Å². The van der Waals surface area contributed by atoms with Crippen molar-refractivity contribution in [2.75, 3.05) is 13.1 Å². The Balaban J connectivity index is 1.95. The smallest absolute Gasteiger partial charge is 0.293 e. The first-order valence-corrected chi connectivity index (χ1v) is 9.14. The van der Waals surface area contributed by atoms with Crippen molar-refractivity contribution in [3.05, 3.63) is 41.7 Å². The Morgan fingerprint density at radius 3 is 2.85 bits per heavy atom. The second-order valence-electron chi connectivity index (χ2n) is 7.36. The van der Waals surface area contributed by atoms with Crippen LogP contribution in [0.25, 0.3) is 5.69 Å². The van der Waals surface area contributed by atoms with Crippen molar-refractivity contribution in [2.45, 2.75) is 45.6 Å². The maximum atomic E-state index is 13.6. The van der Waals surface area contributed by atoms with E-state index in [2.05, 4.69) is 17.0 Å². The van der Waals surface area contributed by atoms with Crippen LogP contribution in [-0.4, -0.2) is 44.7 Å². The summed E-state index contributed by atoms with van der Waals surface area (Å²) < 4.78 is 15.2. The largest absolute Gasteiger partial charge is 0.332 e. The zero-order chi connectivity index (χ0) is 18.8. The van der Waals surface area contributed by atoms with Gasteiger partial charge in [0, 0.05) is 25.0 Å². The summed E-state index contributed by atoms with van der Waals surface area (Å²) in [6.45, 7) is 7.21. The molecule has 0 spiro atoms. The molecule has 1 fully saturated rings. The molecule has 26 heavy (non-hydrogen) atoms. The summed E-state index contributed by atoms with van der Waals surface area (Å²) in [5.74, 6) is 0.813. The van der Waals surface area contributed by atoms with Gasteiger partial charge in [0.1, 0.15) is 11.6 Å². The lowest BCUT2D eigenvalue weighted by Crippen LogP contribution is -2.49. The van der Waals surface area contributed by atoms with Gasteiger partial charge in [-0.15, -0.1) is 5.10 Å². The molecular formula is C19H26FN5O. The van der Waals surface area contributed by atoms with E-state index in [0.717, 1.165) is 12.8 Å². The number of rotatable bonds is 4. The molecule has 7 heteroatoms. The van der Waals surface area contributed by atoms with Gasteiger partial charge in [0.25, 0.3) is 5.91 Å². The summed E-state index contributed by atoms with van der Waals surface area (Å²) in [4.78, 5) is 19.3. The molecule has 0 saturated carbocycles. The van der Waals surface area contributed by atoms with Crippen LogP contribution in [0.1, 0.15) is 56.0 Å². The summed E-state index contributed by atoms with van der Waals surface area (Å²) in [6, 6.07) is 6.15. The number of nitrogens with two attached hydrogens (primary N) is 1. The topological polar surface area (TPSA) is 77.0 Å². The first-order chi connectivity index (χ1) is 12.4. The molecule has 1 aliphatic heterocycles. The minimum atomic E-state index is -0.353. The quantitative estimate of drug-likeness (QED) is 0.911. The Morgan fingerprint density at radius 1 is 1.42 bits per heavy atom. The van der Waals surface area contributed by atoms with Crippen LogP contribution in [0.3, 0.4) is 0 Å². The van der Waals surface area contributed by atoms with Gasteiger partial charge in [0.05, 0.1) is 5.69 Å². The van der Waals surface area contributed by atoms with Gasteiger partial charge in [-0.1, -0.05) is 26.8 Å². The van der Waals surface area contributed by atoms with E-state index in [1.165, 1.54) is 12.1 Å². The molecule has 3 rings (SSSR count). The monoisotopic (exact) mass is 359 g/mol. The Kier molecular flexibility index (Phi) is 5.36. The van der Waals surface area contributed by atoms with Gasteiger partial charge >= 0.3 is 0 Å². The molecule has 2 heterocycles. The van der Waals surface area contributed by atoms with Crippen LogP contribution in [0.15, 0.2) is 24.3 Å². The molecule has 0 aliphatic carbocycles. The van der Waals surface area contributed by atoms with Crippen LogP contribution in [0, 0.1) is 11.7 Å². The van der Waals surface area contributed by atoms with E-state index >= 15 is 0 Å². The number of amides is 1. The zero-order valence-corrected chi connectivity index (χ0v) is 15.5. The van der Waals surface area contributed by atoms with Gasteiger partial charge in [-0.2, -0.15) is 0 Å². The highest BCUT2D eigenvalue weighted by molar-refractivity contribution is 5.90. The third kappa shape index (κ3) is 3.62. The molecule has 1 aromatic heterocycles. The molecule has 2 aromatic rings. The lowest BCUT2D eigenvalue weighted by molar-refractivity contribution is 0.0561. The number of likely N-dealkylation sites (tertiary alicyclic amines) is 1. The molecule has 0 radical (unpaired) electrons. The lowest BCUT2D eigenvalue weighted by Gasteiger charge is -2.37. The van der Waals surface area contributed by atoms with Crippen molar-refractivity contribution in [1.29, 1.82) is 0 Å². The van der Waals surface area contributed by atoms with Crippen LogP contribution in [-0.2, 0) is 0 Å². The standard InChI is InChI=1S/C19H26FN5O/c1-12(2)18-22-17(23-25(18)15-6-4-5-14(20)10-15)19(26)24-8-7-13(3)9-16(24)11-21/h4-6,10,12-13,16H,7-9,11,21H2,1-3H3. The van der Waals surface area contributed by atoms with E-state index in [1.807, 2.05) is 13.8 Å². The lowest BCUT2D eigenvalue weighted by atomic mass is 9.92. The molecule has 0 bridgehead atoms. The van der Waals surface area contributed by atoms with Crippen LogP contribution in [0.5, 0.6) is 0 Å². The van der Waals surface area contributed by atoms with Crippen molar-refractivity contribution in [1.82, 2.24) is 19.7 Å². The molecule has 2 atom stereocenters. The maximum absolute atomic E-state index is 13.6. The SMILES string of the molecule is CC1CCN(C(=O)c2nc(C(C)C)n(-c3cccc(F)c3)n2)C(CN)C1. The van der Waals surface area contributed by atoms with E-state index in [9.17, 15) is 9.18 Å². The van der Waals surface area contributed by atoms with Crippen molar-refractivity contribution in [3.63, 3.8) is 0 Å². The summed E-state index contributed by atoms with van der Waals surface area (Å²) >= 11 is 0. The minimum absolute atomic E-state index is 0.00914. The Morgan fingerprint density at radius 2 is 2.19 bits per heavy atom. The number of benzene rings is 1. The predicted molar refractivity (Wildman–Crippen MR) is 97.7 cm³/mol. The number of aromatic nitrogens is 3. The van der Waals surface area contributed by atoms with Crippen molar-refractivity contribution < 1.29 is 9.18 Å². The summed E-state index contributed by atoms with van der Waals surface area (Å²) in [5.41, 5.74) is 6.44. The average Bonchev–Trinajstić information content (AvgIpc) is 3.06. The number of piperidine rings is 1. The molecule has 1 saturated heterocycles. The third-order valence-corrected chi connectivity index (χ3v) is 4.90. The highest BCUT2D eigenvalue weighted by atomic mass is 19.1. The third-order valence-electron chi connectivity index (χ3n) is 4.90. The van der Waals surface area contributed by atoms with E-state index in [-0.39, 0.29) is 29.5 Å². The number of carbonyl (C=O) groups is 1. The molecular weight excluding hydrogens is 333 g/mol. The van der Waals surface area contributed by atoms with Crippen molar-refractivity contribution in [2.24, 2.45) is 11.7 Å². The second-order valence-corrected chi connectivity index (χ2v) is 7.36. The number of hydrogen-bond acceptors (Lipinski definition) is 4. The number of hydrogen-bond donors (Lipinski definition) is 1. The van der Waals surface area contributed by atoms with Crippen molar-refractivity contribution >= 4 is 5.91 Å². The Hall–Kier alpha value is -2.28. The minimum Gasteiger partial charge on any atom is -0.332 e. The molecule has 1 amide bonds. The summed E-state index contributed by atoms with van der Waals surface area (Å²) in [7, 11) is 0. The van der Waals surface area contributed by atoms with Gasteiger partial charge in [-0.3, -0.25) is 4.79 Å². The highest BCUT2D eigenvalue weighted by Crippen LogP contribution is 2.24. The van der Waals surface area contributed by atoms with Gasteiger partial charge in [0.2, 0.25) is 5.82 Å². The van der Waals surface area contributed by atoms with E-state index in [1.54, 1.807) is 21.7 Å². The van der Waals surface area contributed by atoms with Crippen LogP contribution < -0.4 is 5.73 Å². The Bertz CT molecular complexity index is 788. The van der Waals surface area contributed by atoms with Gasteiger partial charge in [0.15, 0.2) is 0 Å². The highest BCUT2D eigenvalue weighted by Gasteiger charge is 2.32. The van der Waals surface area contributed by atoms with Gasteiger partial charge < -0.3 is 10.6 Å². The maximum Gasteiger partial charge on any atom is 0.293 e. The second kappa shape index (κ2) is 7.53. The fourth-order valence-electron chi connectivity index (χ4n) is 3.46. The number of nitrogens with zero attached hydrogens (tertiary/aromatic N) is 4. The van der Waals surface area contributed by atoms with E-state index in [0.29, 0.717) is 30.5 Å². The first kappa shape index (κ1) is 18.5. The fourth-order valence-corrected chi connectivity index (χ4v) is 3.46. The molecule has 6 nitrogen and oxygen atoms in total. The fraction of sp³-hybridized carbons (Fsp3) is 0.526. The molecule has 2 N–H and O–H groups in total. The molecule has 1 aromatic carbocycles. The molecule has 140 valence electrons. The van der Waals surface area contributed by atoms with Crippen LogP contribution >= 0.6 is 0 Å². The summed E-state index contributed by atoms with van der Waals surface area (Å²) in [5, 5.41) is 4.41. The molecule has 1 aliphatic rings. The van der Waals surface area contributed by atoms with Crippen LogP contribution in [0.2, 0.25) is 0 Å². The van der Waals surface area contributed by atoms with Crippen molar-refractivity contribution in [3.8, 4) is 5.69 Å². The Labute approximate surface area is 153 Å². The van der Waals surface area contributed by atoms with Gasteiger partial charge in [-0.05, 0) is 37.0 Å². The number of halogens is 1. The van der Waals surface area contributed by atoms with E-state index < -0.39 is 0 Å². The van der Waals surface area contributed by atoms with Gasteiger partial charge in [-0.25, -0.2) is 14.1 Å². The molecule has 2 unspecified atom stereocenters. The summed E-state index contributed by atoms with van der Waals surface area (Å²) in [6.07, 6.45) is 1.84. The predicted octanol–water partition coefficient (Wildman–Crippen LogP) is 2.73. The normalized spacial score (nSPS) is 20.6.